The van der Waals surface area contributed by atoms with E-state index in [4.69, 9.17) is 11.2 Å². The summed E-state index contributed by atoms with van der Waals surface area (Å²) in [5, 5.41) is 3.95. The highest BCUT2D eigenvalue weighted by Gasteiger charge is 2.07. The number of nitrogens with one attached hydrogen (secondary N) is 1. The smallest absolute Gasteiger partial charge is 0.272 e. The molecule has 4 nitrogen and oxygen atoms in total. The third-order valence-electron chi connectivity index (χ3n) is 2.72. The first-order valence-corrected chi connectivity index (χ1v) is 7.25. The van der Waals surface area contributed by atoms with Crippen LogP contribution >= 0.6 is 15.9 Å². The van der Waals surface area contributed by atoms with Crippen molar-refractivity contribution in [2.75, 3.05) is 6.61 Å². The third-order valence-corrected chi connectivity index (χ3v) is 3.41. The molecular weight excluding hydrogens is 344 g/mol. The number of carbonyl (C=O) groups is 1. The zero-order chi connectivity index (χ0) is 15.8. The lowest BCUT2D eigenvalue weighted by atomic mass is 10.2. The molecule has 2 rings (SSSR count). The van der Waals surface area contributed by atoms with E-state index in [-0.39, 0.29) is 12.5 Å². The molecule has 22 heavy (non-hydrogen) atoms. The van der Waals surface area contributed by atoms with Gasteiger partial charge in [-0.2, -0.15) is 5.10 Å². The first-order valence-electron chi connectivity index (χ1n) is 6.45. The number of carbonyl (C=O) groups excluding carboxylic acids is 1. The van der Waals surface area contributed by atoms with E-state index in [1.54, 1.807) is 24.3 Å². The summed E-state index contributed by atoms with van der Waals surface area (Å²) in [5.74, 6) is 2.71. The van der Waals surface area contributed by atoms with Crippen molar-refractivity contribution in [2.24, 2.45) is 5.10 Å². The fourth-order valence-electron chi connectivity index (χ4n) is 1.70. The summed E-state index contributed by atoms with van der Waals surface area (Å²) < 4.78 is 6.11. The average molecular weight is 357 g/mol. The summed E-state index contributed by atoms with van der Waals surface area (Å²) in [5.41, 5.74) is 3.71. The summed E-state index contributed by atoms with van der Waals surface area (Å²) in [4.78, 5) is 12.0. The number of ether oxygens (including phenoxy) is 1. The van der Waals surface area contributed by atoms with Crippen LogP contribution < -0.4 is 10.2 Å². The molecule has 0 unspecified atom stereocenters. The van der Waals surface area contributed by atoms with E-state index in [0.29, 0.717) is 15.8 Å². The van der Waals surface area contributed by atoms with Gasteiger partial charge in [-0.1, -0.05) is 30.2 Å². The van der Waals surface area contributed by atoms with Crippen molar-refractivity contribution < 1.29 is 9.53 Å². The molecule has 0 spiro atoms. The van der Waals surface area contributed by atoms with Crippen LogP contribution in [0.4, 0.5) is 0 Å². The second kappa shape index (κ2) is 8.01. The monoisotopic (exact) mass is 356 g/mol. The normalized spacial score (nSPS) is 10.2. The van der Waals surface area contributed by atoms with Gasteiger partial charge in [0.05, 0.1) is 11.8 Å². The maximum absolute atomic E-state index is 12.0. The molecule has 1 N–H and O–H groups in total. The van der Waals surface area contributed by atoms with Gasteiger partial charge in [-0.25, -0.2) is 5.43 Å². The van der Waals surface area contributed by atoms with Gasteiger partial charge in [0.1, 0.15) is 12.4 Å². The van der Waals surface area contributed by atoms with Gasteiger partial charge in [-0.05, 0) is 40.2 Å². The van der Waals surface area contributed by atoms with E-state index >= 15 is 0 Å². The van der Waals surface area contributed by atoms with Crippen LogP contribution in [0.3, 0.4) is 0 Å². The lowest BCUT2D eigenvalue weighted by Gasteiger charge is -2.05. The van der Waals surface area contributed by atoms with Crippen LogP contribution in [-0.2, 0) is 0 Å². The molecule has 0 atom stereocenters. The third kappa shape index (κ3) is 4.21. The van der Waals surface area contributed by atoms with Crippen molar-refractivity contribution >= 4 is 28.1 Å². The molecule has 0 aromatic heterocycles. The zero-order valence-corrected chi connectivity index (χ0v) is 13.2. The van der Waals surface area contributed by atoms with Gasteiger partial charge in [-0.15, -0.1) is 6.42 Å². The number of hydrazone groups is 1. The molecular formula is C17H13BrN2O2. The molecule has 0 heterocycles. The molecule has 0 aliphatic rings. The molecule has 0 aliphatic carbocycles. The largest absolute Gasteiger partial charge is 0.480 e. The standard InChI is InChI=1S/C17H13BrN2O2/c1-2-11-22-16-10-6-3-7-13(16)12-19-20-17(21)14-8-4-5-9-15(14)18/h1,3-10,12H,11H2,(H,20,21)/b19-12+. The predicted octanol–water partition coefficient (Wildman–Crippen LogP) is 3.23. The Morgan fingerprint density at radius 2 is 2.00 bits per heavy atom. The van der Waals surface area contributed by atoms with Gasteiger partial charge in [0.2, 0.25) is 0 Å². The molecule has 2 aromatic rings. The Labute approximate surface area is 137 Å². The van der Waals surface area contributed by atoms with Crippen molar-refractivity contribution in [3.8, 4) is 18.1 Å². The summed E-state index contributed by atoms with van der Waals surface area (Å²) in [6.45, 7) is 0.175. The molecule has 1 amide bonds. The number of nitrogens with zero attached hydrogens (tertiary/aromatic N) is 1. The van der Waals surface area contributed by atoms with E-state index < -0.39 is 0 Å². The summed E-state index contributed by atoms with van der Waals surface area (Å²) >= 11 is 3.32. The van der Waals surface area contributed by atoms with E-state index in [2.05, 4.69) is 32.4 Å². The number of para-hydroxylation sites is 1. The van der Waals surface area contributed by atoms with E-state index in [0.717, 1.165) is 5.56 Å². The van der Waals surface area contributed by atoms with E-state index in [1.165, 1.54) is 6.21 Å². The van der Waals surface area contributed by atoms with Crippen LogP contribution in [0, 0.1) is 12.3 Å². The topological polar surface area (TPSA) is 50.7 Å². The molecule has 2 aromatic carbocycles. The number of amides is 1. The Morgan fingerprint density at radius 1 is 1.27 bits per heavy atom. The molecule has 0 saturated carbocycles. The van der Waals surface area contributed by atoms with Crippen LogP contribution in [0.1, 0.15) is 15.9 Å². The van der Waals surface area contributed by atoms with E-state index in [1.807, 2.05) is 24.3 Å². The fraction of sp³-hybridized carbons (Fsp3) is 0.0588. The first-order chi connectivity index (χ1) is 10.7. The zero-order valence-electron chi connectivity index (χ0n) is 11.6. The summed E-state index contributed by atoms with van der Waals surface area (Å²) in [6, 6.07) is 14.4. The lowest BCUT2D eigenvalue weighted by Crippen LogP contribution is -2.18. The second-order valence-corrected chi connectivity index (χ2v) is 5.06. The number of halogens is 1. The maximum Gasteiger partial charge on any atom is 0.272 e. The van der Waals surface area contributed by atoms with Crippen molar-refractivity contribution in [1.82, 2.24) is 5.43 Å². The Bertz CT molecular complexity index is 735. The van der Waals surface area contributed by atoms with E-state index in [9.17, 15) is 4.79 Å². The first kappa shape index (κ1) is 15.8. The maximum atomic E-state index is 12.0. The Kier molecular flexibility index (Phi) is 5.75. The molecule has 0 bridgehead atoms. The minimum absolute atomic E-state index is 0.175. The van der Waals surface area contributed by atoms with Crippen molar-refractivity contribution in [3.05, 3.63) is 64.1 Å². The number of hydrogen-bond acceptors (Lipinski definition) is 3. The molecule has 0 aliphatic heterocycles. The predicted molar refractivity (Wildman–Crippen MR) is 90.0 cm³/mol. The molecule has 110 valence electrons. The molecule has 0 radical (unpaired) electrons. The van der Waals surface area contributed by atoms with Gasteiger partial charge >= 0.3 is 0 Å². The Morgan fingerprint density at radius 3 is 2.77 bits per heavy atom. The molecule has 5 heteroatoms. The summed E-state index contributed by atoms with van der Waals surface area (Å²) in [7, 11) is 0. The van der Waals surface area contributed by atoms with Crippen molar-refractivity contribution in [3.63, 3.8) is 0 Å². The lowest BCUT2D eigenvalue weighted by molar-refractivity contribution is 0.0954. The van der Waals surface area contributed by atoms with Crippen molar-refractivity contribution in [1.29, 1.82) is 0 Å². The van der Waals surface area contributed by atoms with Gasteiger partial charge < -0.3 is 4.74 Å². The van der Waals surface area contributed by atoms with Gasteiger partial charge in [0, 0.05) is 10.0 Å². The van der Waals surface area contributed by atoms with Crippen LogP contribution in [0.5, 0.6) is 5.75 Å². The van der Waals surface area contributed by atoms with Crippen LogP contribution in [0.2, 0.25) is 0 Å². The number of hydrogen-bond donors (Lipinski definition) is 1. The minimum Gasteiger partial charge on any atom is -0.480 e. The molecule has 0 fully saturated rings. The van der Waals surface area contributed by atoms with Gasteiger partial charge in [0.15, 0.2) is 0 Å². The number of terminal acetylenes is 1. The van der Waals surface area contributed by atoms with Gasteiger partial charge in [0.25, 0.3) is 5.91 Å². The quantitative estimate of drug-likeness (QED) is 0.508. The summed E-state index contributed by atoms with van der Waals surface area (Å²) in [6.07, 6.45) is 6.69. The van der Waals surface area contributed by atoms with Crippen LogP contribution in [-0.4, -0.2) is 18.7 Å². The van der Waals surface area contributed by atoms with Gasteiger partial charge in [-0.3, -0.25) is 4.79 Å². The Balaban J connectivity index is 2.06. The van der Waals surface area contributed by atoms with Crippen LogP contribution in [0.15, 0.2) is 58.1 Å². The second-order valence-electron chi connectivity index (χ2n) is 4.21. The highest BCUT2D eigenvalue weighted by Crippen LogP contribution is 2.16. The number of benzene rings is 2. The average Bonchev–Trinajstić information content (AvgIpc) is 2.54. The number of rotatable bonds is 5. The fourth-order valence-corrected chi connectivity index (χ4v) is 2.17. The van der Waals surface area contributed by atoms with Crippen LogP contribution in [0.25, 0.3) is 0 Å². The highest BCUT2D eigenvalue weighted by atomic mass is 79.9. The highest BCUT2D eigenvalue weighted by molar-refractivity contribution is 9.10. The van der Waals surface area contributed by atoms with Crippen molar-refractivity contribution in [2.45, 2.75) is 0 Å². The molecule has 0 saturated heterocycles. The minimum atomic E-state index is -0.300. The Hall–Kier alpha value is -2.58. The SMILES string of the molecule is C#CCOc1ccccc1/C=N/NC(=O)c1ccccc1Br.